The fraction of sp³-hybridized carbons (Fsp3) is 0.389. The molecular weight excluding hydrogens is 356 g/mol. The zero-order valence-corrected chi connectivity index (χ0v) is 15.5. The van der Waals surface area contributed by atoms with Gasteiger partial charge in [-0.25, -0.2) is 4.98 Å². The summed E-state index contributed by atoms with van der Waals surface area (Å²) in [4.78, 5) is 25.1. The number of hydrogen-bond donors (Lipinski definition) is 0. The van der Waals surface area contributed by atoms with Crippen LogP contribution in [0.3, 0.4) is 0 Å². The van der Waals surface area contributed by atoms with Gasteiger partial charge in [-0.05, 0) is 19.1 Å². The van der Waals surface area contributed by atoms with E-state index in [0.29, 0.717) is 48.8 Å². The highest BCUT2D eigenvalue weighted by atomic mass is 35.5. The Morgan fingerprint density at radius 2 is 1.92 bits per heavy atom. The van der Waals surface area contributed by atoms with Crippen molar-refractivity contribution in [2.24, 2.45) is 0 Å². The van der Waals surface area contributed by atoms with E-state index < -0.39 is 6.10 Å². The first-order valence-electron chi connectivity index (χ1n) is 8.40. The number of piperazine rings is 1. The van der Waals surface area contributed by atoms with E-state index in [-0.39, 0.29) is 5.91 Å². The van der Waals surface area contributed by atoms with E-state index in [1.807, 2.05) is 17.0 Å². The first-order chi connectivity index (χ1) is 12.6. The third kappa shape index (κ3) is 4.16. The number of amides is 1. The third-order valence-electron chi connectivity index (χ3n) is 4.19. The standard InChI is InChI=1S/C18H21ClN4O3/c1-13(26-15-6-4-3-5-14(15)19)17(24)22-9-11-23(12-10-22)18-20-8-7-16(21-18)25-2/h3-8,13H,9-12H2,1-2H3. The molecule has 1 aromatic heterocycles. The summed E-state index contributed by atoms with van der Waals surface area (Å²) in [6.45, 7) is 4.20. The average Bonchev–Trinajstić information content (AvgIpc) is 2.69. The van der Waals surface area contributed by atoms with Gasteiger partial charge in [-0.2, -0.15) is 4.98 Å². The number of halogens is 1. The van der Waals surface area contributed by atoms with Crippen LogP contribution in [-0.2, 0) is 4.79 Å². The molecule has 0 spiro atoms. The second-order valence-corrected chi connectivity index (χ2v) is 6.31. The zero-order valence-electron chi connectivity index (χ0n) is 14.8. The van der Waals surface area contributed by atoms with Crippen LogP contribution in [0.2, 0.25) is 5.02 Å². The second kappa shape index (κ2) is 8.23. The van der Waals surface area contributed by atoms with E-state index in [2.05, 4.69) is 9.97 Å². The number of rotatable bonds is 5. The maximum Gasteiger partial charge on any atom is 0.263 e. The number of carbonyl (C=O) groups excluding carboxylic acids is 1. The van der Waals surface area contributed by atoms with Crippen molar-refractivity contribution in [1.29, 1.82) is 0 Å². The van der Waals surface area contributed by atoms with Gasteiger partial charge in [0.2, 0.25) is 11.8 Å². The average molecular weight is 377 g/mol. The second-order valence-electron chi connectivity index (χ2n) is 5.90. The summed E-state index contributed by atoms with van der Waals surface area (Å²) in [7, 11) is 1.57. The predicted octanol–water partition coefficient (Wildman–Crippen LogP) is 2.25. The van der Waals surface area contributed by atoms with Crippen molar-refractivity contribution in [3.05, 3.63) is 41.6 Å². The fourth-order valence-electron chi connectivity index (χ4n) is 2.76. The van der Waals surface area contributed by atoms with Crippen LogP contribution >= 0.6 is 11.6 Å². The fourth-order valence-corrected chi connectivity index (χ4v) is 2.94. The van der Waals surface area contributed by atoms with Crippen LogP contribution in [0, 0.1) is 0 Å². The van der Waals surface area contributed by atoms with Crippen LogP contribution in [0.5, 0.6) is 11.6 Å². The summed E-state index contributed by atoms with van der Waals surface area (Å²) in [6.07, 6.45) is 1.06. The molecule has 1 aromatic carbocycles. The molecule has 0 aliphatic carbocycles. The maximum absolute atomic E-state index is 12.6. The quantitative estimate of drug-likeness (QED) is 0.797. The Bertz CT molecular complexity index is 766. The molecular formula is C18H21ClN4O3. The molecule has 1 unspecified atom stereocenters. The van der Waals surface area contributed by atoms with Crippen LogP contribution < -0.4 is 14.4 Å². The Labute approximate surface area is 157 Å². The summed E-state index contributed by atoms with van der Waals surface area (Å²) in [5.74, 6) is 1.58. The van der Waals surface area contributed by atoms with Gasteiger partial charge in [0.25, 0.3) is 5.91 Å². The maximum atomic E-state index is 12.6. The highest BCUT2D eigenvalue weighted by Gasteiger charge is 2.27. The highest BCUT2D eigenvalue weighted by Crippen LogP contribution is 2.24. The first kappa shape index (κ1) is 18.3. The number of para-hydroxylation sites is 1. The number of ether oxygens (including phenoxy) is 2. The van der Waals surface area contributed by atoms with Gasteiger partial charge >= 0.3 is 0 Å². The Hall–Kier alpha value is -2.54. The normalized spacial score (nSPS) is 15.5. The van der Waals surface area contributed by atoms with Gasteiger partial charge in [0.1, 0.15) is 5.75 Å². The van der Waals surface area contributed by atoms with Gasteiger partial charge in [0.15, 0.2) is 6.10 Å². The van der Waals surface area contributed by atoms with E-state index in [9.17, 15) is 4.79 Å². The van der Waals surface area contributed by atoms with Gasteiger partial charge in [0, 0.05) is 38.4 Å². The molecule has 0 N–H and O–H groups in total. The van der Waals surface area contributed by atoms with Crippen LogP contribution in [0.1, 0.15) is 6.92 Å². The lowest BCUT2D eigenvalue weighted by atomic mass is 10.2. The lowest BCUT2D eigenvalue weighted by molar-refractivity contribution is -0.138. The molecule has 2 aromatic rings. The van der Waals surface area contributed by atoms with Gasteiger partial charge in [0.05, 0.1) is 12.1 Å². The number of aromatic nitrogens is 2. The van der Waals surface area contributed by atoms with Gasteiger partial charge in [-0.1, -0.05) is 23.7 Å². The Morgan fingerprint density at radius 3 is 2.62 bits per heavy atom. The minimum absolute atomic E-state index is 0.0591. The van der Waals surface area contributed by atoms with E-state index in [1.54, 1.807) is 43.3 Å². The minimum atomic E-state index is -0.602. The largest absolute Gasteiger partial charge is 0.481 e. The van der Waals surface area contributed by atoms with Crippen molar-refractivity contribution in [2.45, 2.75) is 13.0 Å². The zero-order chi connectivity index (χ0) is 18.5. The molecule has 0 radical (unpaired) electrons. The van der Waals surface area contributed by atoms with E-state index in [0.717, 1.165) is 0 Å². The van der Waals surface area contributed by atoms with Crippen molar-refractivity contribution in [2.75, 3.05) is 38.2 Å². The van der Waals surface area contributed by atoms with Crippen LogP contribution in [0.4, 0.5) is 5.95 Å². The Kier molecular flexibility index (Phi) is 5.78. The van der Waals surface area contributed by atoms with Gasteiger partial charge in [-0.3, -0.25) is 4.79 Å². The molecule has 0 saturated carbocycles. The molecule has 1 atom stereocenters. The highest BCUT2D eigenvalue weighted by molar-refractivity contribution is 6.32. The molecule has 1 aliphatic rings. The molecule has 1 amide bonds. The lowest BCUT2D eigenvalue weighted by Gasteiger charge is -2.35. The number of hydrogen-bond acceptors (Lipinski definition) is 6. The molecule has 26 heavy (non-hydrogen) atoms. The van der Waals surface area contributed by atoms with E-state index in [1.165, 1.54) is 0 Å². The van der Waals surface area contributed by atoms with Crippen molar-refractivity contribution in [3.8, 4) is 11.6 Å². The summed E-state index contributed by atoms with van der Waals surface area (Å²) in [6, 6.07) is 8.84. The summed E-state index contributed by atoms with van der Waals surface area (Å²) >= 11 is 6.09. The van der Waals surface area contributed by atoms with Gasteiger partial charge < -0.3 is 19.3 Å². The van der Waals surface area contributed by atoms with Crippen molar-refractivity contribution in [3.63, 3.8) is 0 Å². The SMILES string of the molecule is COc1ccnc(N2CCN(C(=O)C(C)Oc3ccccc3Cl)CC2)n1. The number of carbonyl (C=O) groups is 1. The first-order valence-corrected chi connectivity index (χ1v) is 8.78. The smallest absolute Gasteiger partial charge is 0.263 e. The van der Waals surface area contributed by atoms with Crippen LogP contribution in [0.15, 0.2) is 36.5 Å². The van der Waals surface area contributed by atoms with Crippen molar-refractivity contribution in [1.82, 2.24) is 14.9 Å². The number of anilines is 1. The molecule has 0 bridgehead atoms. The lowest BCUT2D eigenvalue weighted by Crippen LogP contribution is -2.52. The van der Waals surface area contributed by atoms with Crippen LogP contribution in [0.25, 0.3) is 0 Å². The van der Waals surface area contributed by atoms with E-state index >= 15 is 0 Å². The summed E-state index contributed by atoms with van der Waals surface area (Å²) in [5, 5.41) is 0.493. The molecule has 3 rings (SSSR count). The third-order valence-corrected chi connectivity index (χ3v) is 4.50. The molecule has 8 heteroatoms. The van der Waals surface area contributed by atoms with Gasteiger partial charge in [-0.15, -0.1) is 0 Å². The molecule has 1 aliphatic heterocycles. The molecule has 1 saturated heterocycles. The Morgan fingerprint density at radius 1 is 1.19 bits per heavy atom. The minimum Gasteiger partial charge on any atom is -0.481 e. The monoisotopic (exact) mass is 376 g/mol. The molecule has 1 fully saturated rings. The molecule has 2 heterocycles. The summed E-state index contributed by atoms with van der Waals surface area (Å²) in [5.41, 5.74) is 0. The van der Waals surface area contributed by atoms with E-state index in [4.69, 9.17) is 21.1 Å². The number of nitrogens with zero attached hydrogens (tertiary/aromatic N) is 4. The van der Waals surface area contributed by atoms with Crippen molar-refractivity contribution >= 4 is 23.5 Å². The van der Waals surface area contributed by atoms with Crippen LogP contribution in [-0.4, -0.2) is 60.2 Å². The Balaban J connectivity index is 1.57. The number of methoxy groups -OCH3 is 1. The summed E-state index contributed by atoms with van der Waals surface area (Å²) < 4.78 is 10.9. The topological polar surface area (TPSA) is 67.8 Å². The van der Waals surface area contributed by atoms with Crippen molar-refractivity contribution < 1.29 is 14.3 Å². The molecule has 7 nitrogen and oxygen atoms in total. The predicted molar refractivity (Wildman–Crippen MR) is 98.9 cm³/mol. The number of benzene rings is 1. The molecule has 138 valence electrons.